The first-order chi connectivity index (χ1) is 23.4. The highest BCUT2D eigenvalue weighted by Crippen LogP contribution is 2.56. The van der Waals surface area contributed by atoms with Gasteiger partial charge < -0.3 is 4.74 Å². The molecule has 6 atom stereocenters. The Hall–Kier alpha value is -5.02. The van der Waals surface area contributed by atoms with Gasteiger partial charge in [-0.1, -0.05) is 64.1 Å². The van der Waals surface area contributed by atoms with Gasteiger partial charge in [-0.2, -0.15) is 15.5 Å². The van der Waals surface area contributed by atoms with Gasteiger partial charge >= 0.3 is 0 Å². The predicted molar refractivity (Wildman–Crippen MR) is 182 cm³/mol. The Labute approximate surface area is 287 Å². The van der Waals surface area contributed by atoms with Crippen molar-refractivity contribution >= 4 is 11.6 Å². The molecule has 0 amide bonds. The van der Waals surface area contributed by atoms with Crippen LogP contribution in [0.25, 0.3) is 11.4 Å². The number of carbonyl (C=O) groups is 2. The summed E-state index contributed by atoms with van der Waals surface area (Å²) in [7, 11) is 1.61. The summed E-state index contributed by atoms with van der Waals surface area (Å²) in [5.74, 6) is 1.34. The fraction of sp³-hybridized carbons (Fsp3) is 0.450. The van der Waals surface area contributed by atoms with E-state index < -0.39 is 16.2 Å². The van der Waals surface area contributed by atoms with Crippen molar-refractivity contribution < 1.29 is 14.3 Å². The maximum Gasteiger partial charge on any atom is 0.219 e. The molecule has 248 valence electrons. The van der Waals surface area contributed by atoms with Crippen molar-refractivity contribution in [2.24, 2.45) is 23.2 Å². The number of ketones is 2. The second-order valence-electron chi connectivity index (χ2n) is 14.8. The molecule has 2 aromatic heterocycles. The Morgan fingerprint density at radius 1 is 0.918 bits per heavy atom. The minimum atomic E-state index is -0.842. The lowest BCUT2D eigenvalue weighted by Crippen LogP contribution is -2.53. The summed E-state index contributed by atoms with van der Waals surface area (Å²) in [5.41, 5.74) is 3.90. The molecular formula is C40H40N6O3. The number of nitriles is 2. The first kappa shape index (κ1) is 32.5. The third-order valence-electron chi connectivity index (χ3n) is 12.0. The number of hydrogen-bond donors (Lipinski definition) is 0. The number of ether oxygens (including phenoxy) is 1. The fourth-order valence-corrected chi connectivity index (χ4v) is 9.71. The van der Waals surface area contributed by atoms with Crippen LogP contribution in [0, 0.1) is 52.8 Å². The largest absolute Gasteiger partial charge is 0.481 e. The van der Waals surface area contributed by atoms with Crippen molar-refractivity contribution in [2.45, 2.75) is 84.0 Å². The zero-order chi connectivity index (χ0) is 34.9. The molecule has 0 saturated carbocycles. The number of Topliss-reactive ketones (excluding diaryl/α,β-unsaturated/α-hetero) is 2. The van der Waals surface area contributed by atoms with E-state index in [1.807, 2.05) is 63.4 Å². The SMILES string of the molecule is CC[C@@H]1C(=O)C(C#N)=C[C@]2(C)c3nc(-c4ccc(CC5(C)C(=O)C(C#N)=C[C@]6(C)c7nc(C)nc(OC)c7CC[C@@H]56)cc4)ncc3CC[C@@H]12. The first-order valence-corrected chi connectivity index (χ1v) is 17.1. The van der Waals surface area contributed by atoms with E-state index in [-0.39, 0.29) is 40.5 Å². The topological polar surface area (TPSA) is 143 Å². The highest BCUT2D eigenvalue weighted by Gasteiger charge is 2.57. The summed E-state index contributed by atoms with van der Waals surface area (Å²) in [6, 6.07) is 12.4. The average molecular weight is 653 g/mol. The van der Waals surface area contributed by atoms with Crippen molar-refractivity contribution in [2.75, 3.05) is 7.11 Å². The summed E-state index contributed by atoms with van der Waals surface area (Å²) in [6.45, 7) is 10.0. The van der Waals surface area contributed by atoms with E-state index in [0.29, 0.717) is 36.8 Å². The van der Waals surface area contributed by atoms with Crippen molar-refractivity contribution in [3.63, 3.8) is 0 Å². The molecule has 0 N–H and O–H groups in total. The van der Waals surface area contributed by atoms with Crippen LogP contribution in [0.1, 0.15) is 80.9 Å². The van der Waals surface area contributed by atoms with Gasteiger partial charge in [0.05, 0.1) is 29.6 Å². The molecule has 1 unspecified atom stereocenters. The van der Waals surface area contributed by atoms with Crippen LogP contribution in [0.3, 0.4) is 0 Å². The number of carbonyl (C=O) groups excluding carboxylic acids is 2. The fourth-order valence-electron chi connectivity index (χ4n) is 9.71. The number of methoxy groups -OCH3 is 1. The Morgan fingerprint density at radius 3 is 2.31 bits per heavy atom. The number of nitrogens with zero attached hydrogens (tertiary/aromatic N) is 6. The van der Waals surface area contributed by atoms with E-state index in [1.165, 1.54) is 0 Å². The van der Waals surface area contributed by atoms with Gasteiger partial charge in [0.1, 0.15) is 18.0 Å². The molecule has 4 aliphatic carbocycles. The van der Waals surface area contributed by atoms with Gasteiger partial charge in [0, 0.05) is 39.5 Å². The van der Waals surface area contributed by atoms with E-state index in [2.05, 4.69) is 31.0 Å². The van der Waals surface area contributed by atoms with Gasteiger partial charge in [-0.15, -0.1) is 0 Å². The van der Waals surface area contributed by atoms with Crippen LogP contribution in [-0.4, -0.2) is 38.6 Å². The molecule has 0 spiro atoms. The molecule has 0 fully saturated rings. The molecule has 0 saturated heterocycles. The zero-order valence-corrected chi connectivity index (χ0v) is 28.9. The van der Waals surface area contributed by atoms with Gasteiger partial charge in [0.25, 0.3) is 0 Å². The van der Waals surface area contributed by atoms with Crippen LogP contribution < -0.4 is 4.74 Å². The summed E-state index contributed by atoms with van der Waals surface area (Å²) < 4.78 is 5.63. The van der Waals surface area contributed by atoms with Gasteiger partial charge in [0.15, 0.2) is 17.4 Å². The average Bonchev–Trinajstić information content (AvgIpc) is 3.10. The van der Waals surface area contributed by atoms with Crippen LogP contribution >= 0.6 is 0 Å². The molecule has 0 radical (unpaired) electrons. The molecular weight excluding hydrogens is 612 g/mol. The quantitative estimate of drug-likeness (QED) is 0.313. The van der Waals surface area contributed by atoms with Gasteiger partial charge in [-0.3, -0.25) is 9.59 Å². The number of rotatable bonds is 5. The van der Waals surface area contributed by atoms with Crippen molar-refractivity contribution in [3.8, 4) is 29.4 Å². The minimum Gasteiger partial charge on any atom is -0.481 e. The lowest BCUT2D eigenvalue weighted by Gasteiger charge is -2.51. The highest BCUT2D eigenvalue weighted by atomic mass is 16.5. The molecule has 49 heavy (non-hydrogen) atoms. The Balaban J connectivity index is 1.23. The smallest absolute Gasteiger partial charge is 0.219 e. The minimum absolute atomic E-state index is 0.0517. The first-order valence-electron chi connectivity index (χ1n) is 17.1. The summed E-state index contributed by atoms with van der Waals surface area (Å²) >= 11 is 0. The number of hydrogen-bond acceptors (Lipinski definition) is 9. The van der Waals surface area contributed by atoms with Crippen LogP contribution in [-0.2, 0) is 39.7 Å². The van der Waals surface area contributed by atoms with E-state index in [1.54, 1.807) is 7.11 Å². The molecule has 9 nitrogen and oxygen atoms in total. The zero-order valence-electron chi connectivity index (χ0n) is 28.9. The van der Waals surface area contributed by atoms with E-state index in [4.69, 9.17) is 19.7 Å². The molecule has 3 aromatic rings. The standard InChI is InChI=1S/C40H40N6O3/c1-7-28-30-14-12-25-21-43-36(46-33(25)38(30,3)17-26(19-41)32(28)47)24-10-8-23(9-11-24)16-40(5)31-15-13-29-34(44-22(2)45-37(29)49-6)39(31,4)18-27(20-42)35(40)48/h8-11,17-18,21,28,30-31H,7,12-16H2,1-6H3/t28-,30-,31+,38-,39-,40?/m0/s1. The molecule has 4 aliphatic rings. The van der Waals surface area contributed by atoms with Gasteiger partial charge in [-0.25, -0.2) is 15.0 Å². The second-order valence-corrected chi connectivity index (χ2v) is 14.8. The molecule has 9 heteroatoms. The van der Waals surface area contributed by atoms with Crippen LogP contribution in [0.2, 0.25) is 0 Å². The van der Waals surface area contributed by atoms with E-state index in [9.17, 15) is 20.1 Å². The Kier molecular flexibility index (Phi) is 7.67. The van der Waals surface area contributed by atoms with E-state index in [0.717, 1.165) is 52.9 Å². The number of fused-ring (bicyclic) bond motifs is 6. The lowest BCUT2D eigenvalue weighted by molar-refractivity contribution is -0.129. The van der Waals surface area contributed by atoms with Crippen molar-refractivity contribution in [3.05, 3.63) is 87.7 Å². The normalized spacial score (nSPS) is 30.0. The summed E-state index contributed by atoms with van der Waals surface area (Å²) in [4.78, 5) is 46.3. The second kappa shape index (κ2) is 11.6. The highest BCUT2D eigenvalue weighted by molar-refractivity contribution is 6.05. The number of aromatic nitrogens is 4. The molecule has 0 aliphatic heterocycles. The summed E-state index contributed by atoms with van der Waals surface area (Å²) in [6.07, 6.45) is 9.78. The van der Waals surface area contributed by atoms with E-state index >= 15 is 0 Å². The molecule has 2 heterocycles. The maximum absolute atomic E-state index is 14.0. The Morgan fingerprint density at radius 2 is 1.63 bits per heavy atom. The molecule has 7 rings (SSSR count). The predicted octanol–water partition coefficient (Wildman–Crippen LogP) is 6.23. The monoisotopic (exact) mass is 652 g/mol. The van der Waals surface area contributed by atoms with Crippen LogP contribution in [0.15, 0.2) is 53.8 Å². The third-order valence-corrected chi connectivity index (χ3v) is 12.0. The van der Waals surface area contributed by atoms with Crippen molar-refractivity contribution in [1.82, 2.24) is 19.9 Å². The van der Waals surface area contributed by atoms with Gasteiger partial charge in [-0.05, 0) is 68.4 Å². The molecule has 1 aromatic carbocycles. The van der Waals surface area contributed by atoms with Gasteiger partial charge in [0.2, 0.25) is 5.88 Å². The third kappa shape index (κ3) is 4.77. The number of aryl methyl sites for hydroxylation is 2. The number of benzene rings is 1. The summed E-state index contributed by atoms with van der Waals surface area (Å²) in [5, 5.41) is 19.9. The van der Waals surface area contributed by atoms with Crippen LogP contribution in [0.4, 0.5) is 0 Å². The lowest BCUT2D eigenvalue weighted by atomic mass is 9.50. The van der Waals surface area contributed by atoms with Crippen LogP contribution in [0.5, 0.6) is 5.88 Å². The molecule has 0 bridgehead atoms. The maximum atomic E-state index is 14.0. The Bertz CT molecular complexity index is 2070. The van der Waals surface area contributed by atoms with Crippen molar-refractivity contribution in [1.29, 1.82) is 10.5 Å². The number of allylic oxidation sites excluding steroid dienone is 4.